The number of carbonyl (C=O) groups excluding carboxylic acids is 1. The number of amides is 1. The predicted octanol–water partition coefficient (Wildman–Crippen LogP) is 5.65. The Morgan fingerprint density at radius 3 is 1.68 bits per heavy atom. The highest BCUT2D eigenvalue weighted by Crippen LogP contribution is 2.51. The molecule has 0 atom stereocenters. The van der Waals surface area contributed by atoms with Gasteiger partial charge >= 0.3 is 5.97 Å². The molecule has 37 heavy (non-hydrogen) atoms. The van der Waals surface area contributed by atoms with E-state index in [9.17, 15) is 14.7 Å². The SMILES string of the molecule is CC1CCC(C(=O)O)(c2c(Oc3ccc(C#N)cc3)cc(C(N)=O)cc2Oc2ccc(C#N)cc2)CC1. The van der Waals surface area contributed by atoms with Crippen LogP contribution in [0.1, 0.15) is 59.7 Å². The summed E-state index contributed by atoms with van der Waals surface area (Å²) in [5.41, 5.74) is 5.56. The summed E-state index contributed by atoms with van der Waals surface area (Å²) in [6.45, 7) is 2.09. The van der Waals surface area contributed by atoms with Crippen LogP contribution in [-0.2, 0) is 10.2 Å². The maximum absolute atomic E-state index is 12.9. The number of primary amides is 1. The lowest BCUT2D eigenvalue weighted by Gasteiger charge is -2.38. The normalized spacial score (nSPS) is 18.7. The second-order valence-electron chi connectivity index (χ2n) is 9.26. The third-order valence-electron chi connectivity index (χ3n) is 6.79. The molecule has 0 spiro atoms. The highest BCUT2D eigenvalue weighted by atomic mass is 16.5. The number of nitrogens with two attached hydrogens (primary N) is 1. The fourth-order valence-corrected chi connectivity index (χ4v) is 4.64. The number of carboxylic acids is 1. The van der Waals surface area contributed by atoms with Crippen LogP contribution in [0.15, 0.2) is 60.7 Å². The lowest BCUT2D eigenvalue weighted by Crippen LogP contribution is -2.40. The molecule has 0 unspecified atom stereocenters. The van der Waals surface area contributed by atoms with Crippen molar-refractivity contribution in [3.05, 3.63) is 82.9 Å². The number of carbonyl (C=O) groups is 2. The minimum absolute atomic E-state index is 0.0840. The lowest BCUT2D eigenvalue weighted by atomic mass is 9.66. The van der Waals surface area contributed by atoms with Crippen LogP contribution in [-0.4, -0.2) is 17.0 Å². The van der Waals surface area contributed by atoms with E-state index in [-0.39, 0.29) is 17.1 Å². The van der Waals surface area contributed by atoms with Crippen LogP contribution < -0.4 is 15.2 Å². The van der Waals surface area contributed by atoms with Crippen LogP contribution in [0.3, 0.4) is 0 Å². The van der Waals surface area contributed by atoms with E-state index in [1.807, 2.05) is 12.1 Å². The molecule has 3 N–H and O–H groups in total. The minimum Gasteiger partial charge on any atom is -0.481 e. The third kappa shape index (κ3) is 5.24. The first-order chi connectivity index (χ1) is 17.8. The highest BCUT2D eigenvalue weighted by Gasteiger charge is 2.47. The van der Waals surface area contributed by atoms with Gasteiger partial charge in [0.25, 0.3) is 0 Å². The van der Waals surface area contributed by atoms with Crippen LogP contribution in [0.4, 0.5) is 0 Å². The maximum atomic E-state index is 12.9. The van der Waals surface area contributed by atoms with Crippen molar-refractivity contribution in [2.45, 2.75) is 38.0 Å². The van der Waals surface area contributed by atoms with Crippen molar-refractivity contribution in [2.75, 3.05) is 0 Å². The quantitative estimate of drug-likeness (QED) is 0.431. The van der Waals surface area contributed by atoms with Gasteiger partial charge in [0.05, 0.1) is 28.8 Å². The van der Waals surface area contributed by atoms with Gasteiger partial charge in [-0.2, -0.15) is 10.5 Å². The summed E-state index contributed by atoms with van der Waals surface area (Å²) < 4.78 is 12.3. The van der Waals surface area contributed by atoms with Crippen LogP contribution in [0.25, 0.3) is 0 Å². The van der Waals surface area contributed by atoms with Gasteiger partial charge in [-0.1, -0.05) is 6.92 Å². The molecule has 3 aromatic carbocycles. The zero-order valence-electron chi connectivity index (χ0n) is 20.2. The number of nitriles is 2. The second kappa shape index (κ2) is 10.4. The molecule has 8 heteroatoms. The van der Waals surface area contributed by atoms with Gasteiger partial charge in [0.2, 0.25) is 5.91 Å². The van der Waals surface area contributed by atoms with Crippen LogP contribution in [0.2, 0.25) is 0 Å². The predicted molar refractivity (Wildman–Crippen MR) is 134 cm³/mol. The summed E-state index contributed by atoms with van der Waals surface area (Å²) >= 11 is 0. The van der Waals surface area contributed by atoms with Gasteiger partial charge in [-0.3, -0.25) is 9.59 Å². The van der Waals surface area contributed by atoms with Crippen molar-refractivity contribution in [2.24, 2.45) is 11.7 Å². The topological polar surface area (TPSA) is 146 Å². The molecule has 1 saturated carbocycles. The van der Waals surface area contributed by atoms with E-state index < -0.39 is 17.3 Å². The van der Waals surface area contributed by atoms with E-state index in [2.05, 4.69) is 6.92 Å². The molecular formula is C29H25N3O5. The number of nitrogens with zero attached hydrogens (tertiary/aromatic N) is 2. The Labute approximate surface area is 214 Å². The van der Waals surface area contributed by atoms with E-state index in [0.29, 0.717) is 59.8 Å². The molecule has 1 fully saturated rings. The Kier molecular flexibility index (Phi) is 7.13. The van der Waals surface area contributed by atoms with Gasteiger partial charge in [0.15, 0.2) is 0 Å². The number of aliphatic carboxylic acids is 1. The van der Waals surface area contributed by atoms with Gasteiger partial charge in [0.1, 0.15) is 28.4 Å². The van der Waals surface area contributed by atoms with Crippen molar-refractivity contribution in [3.63, 3.8) is 0 Å². The molecule has 1 aliphatic rings. The molecule has 4 rings (SSSR count). The average molecular weight is 496 g/mol. The summed E-state index contributed by atoms with van der Waals surface area (Å²) in [5, 5.41) is 28.8. The zero-order chi connectivity index (χ0) is 26.6. The third-order valence-corrected chi connectivity index (χ3v) is 6.79. The Bertz CT molecular complexity index is 1330. The molecule has 8 nitrogen and oxygen atoms in total. The van der Waals surface area contributed by atoms with Crippen LogP contribution in [0.5, 0.6) is 23.0 Å². The summed E-state index contributed by atoms with van der Waals surface area (Å²) in [6.07, 6.45) is 2.09. The molecule has 0 heterocycles. The van der Waals surface area contributed by atoms with Gasteiger partial charge in [-0.05, 0) is 92.3 Å². The van der Waals surface area contributed by atoms with E-state index in [1.54, 1.807) is 48.5 Å². The average Bonchev–Trinajstić information content (AvgIpc) is 2.90. The number of benzene rings is 3. The van der Waals surface area contributed by atoms with Gasteiger partial charge in [-0.15, -0.1) is 0 Å². The molecule has 3 aromatic rings. The fraction of sp³-hybridized carbons (Fsp3) is 0.241. The van der Waals surface area contributed by atoms with Gasteiger partial charge < -0.3 is 20.3 Å². The van der Waals surface area contributed by atoms with Gasteiger partial charge in [0, 0.05) is 5.56 Å². The van der Waals surface area contributed by atoms with Crippen molar-refractivity contribution in [1.82, 2.24) is 0 Å². The molecule has 1 amide bonds. The molecular weight excluding hydrogens is 470 g/mol. The lowest BCUT2D eigenvalue weighted by molar-refractivity contribution is -0.145. The Morgan fingerprint density at radius 2 is 1.32 bits per heavy atom. The van der Waals surface area contributed by atoms with E-state index in [1.165, 1.54) is 12.1 Å². The molecule has 0 radical (unpaired) electrons. The first-order valence-corrected chi connectivity index (χ1v) is 11.8. The Morgan fingerprint density at radius 1 is 0.892 bits per heavy atom. The summed E-state index contributed by atoms with van der Waals surface area (Å²) in [6, 6.07) is 19.6. The van der Waals surface area contributed by atoms with Crippen LogP contribution in [0, 0.1) is 28.6 Å². The zero-order valence-corrected chi connectivity index (χ0v) is 20.2. The maximum Gasteiger partial charge on any atom is 0.314 e. The van der Waals surface area contributed by atoms with Crippen molar-refractivity contribution >= 4 is 11.9 Å². The number of ether oxygens (including phenoxy) is 2. The van der Waals surface area contributed by atoms with E-state index >= 15 is 0 Å². The smallest absolute Gasteiger partial charge is 0.314 e. The monoisotopic (exact) mass is 495 g/mol. The first-order valence-electron chi connectivity index (χ1n) is 11.8. The molecule has 1 aliphatic carbocycles. The molecule has 0 bridgehead atoms. The number of rotatable bonds is 7. The molecule has 0 aromatic heterocycles. The molecule has 0 aliphatic heterocycles. The Hall–Kier alpha value is -4.82. The van der Waals surface area contributed by atoms with Crippen molar-refractivity contribution in [1.29, 1.82) is 10.5 Å². The second-order valence-corrected chi connectivity index (χ2v) is 9.26. The first kappa shape index (κ1) is 25.3. The van der Waals surface area contributed by atoms with Crippen molar-refractivity contribution < 1.29 is 24.2 Å². The van der Waals surface area contributed by atoms with E-state index in [0.717, 1.165) is 0 Å². The summed E-state index contributed by atoms with van der Waals surface area (Å²) in [7, 11) is 0. The number of hydrogen-bond donors (Lipinski definition) is 2. The van der Waals surface area contributed by atoms with E-state index in [4.69, 9.17) is 25.7 Å². The Balaban J connectivity index is 1.93. The van der Waals surface area contributed by atoms with Gasteiger partial charge in [-0.25, -0.2) is 0 Å². The number of hydrogen-bond acceptors (Lipinski definition) is 6. The number of carboxylic acid groups (broad SMARTS) is 1. The molecule has 186 valence electrons. The van der Waals surface area contributed by atoms with Crippen LogP contribution >= 0.6 is 0 Å². The standard InChI is InChI=1S/C29H25N3O5/c1-18-10-12-29(13-11-18,28(34)35)26-24(36-22-6-2-19(16-30)3-7-22)14-21(27(32)33)15-25(26)37-23-8-4-20(17-31)5-9-23/h2-9,14-15,18H,10-13H2,1H3,(H2,32,33)(H,34,35). The highest BCUT2D eigenvalue weighted by molar-refractivity contribution is 5.95. The van der Waals surface area contributed by atoms with Crippen molar-refractivity contribution in [3.8, 4) is 35.1 Å². The summed E-state index contributed by atoms with van der Waals surface area (Å²) in [4.78, 5) is 25.1. The molecule has 0 saturated heterocycles. The largest absolute Gasteiger partial charge is 0.481 e. The minimum atomic E-state index is -1.33. The summed E-state index contributed by atoms with van der Waals surface area (Å²) in [5.74, 6) is -0.388. The fourth-order valence-electron chi connectivity index (χ4n) is 4.64.